The molecule has 3 aromatic carbocycles. The van der Waals surface area contributed by atoms with Crippen LogP contribution in [0.15, 0.2) is 78.9 Å². The van der Waals surface area contributed by atoms with Crippen LogP contribution in [-0.2, 0) is 25.5 Å². The number of para-hydroxylation sites is 1. The number of likely N-dealkylation sites (tertiary alicyclic amines) is 1. The van der Waals surface area contributed by atoms with Gasteiger partial charge in [-0.1, -0.05) is 60.7 Å². The second-order valence-corrected chi connectivity index (χ2v) is 11.7. The van der Waals surface area contributed by atoms with E-state index in [0.717, 1.165) is 55.0 Å². The van der Waals surface area contributed by atoms with Crippen molar-refractivity contribution < 1.29 is 28.5 Å². The number of carbonyl (C=O) groups is 2. The van der Waals surface area contributed by atoms with Crippen molar-refractivity contribution in [3.63, 3.8) is 0 Å². The van der Waals surface area contributed by atoms with Gasteiger partial charge in [-0.2, -0.15) is 0 Å². The van der Waals surface area contributed by atoms with Crippen molar-refractivity contribution in [2.75, 3.05) is 52.8 Å². The molecule has 1 N–H and O–H groups in total. The molecule has 0 aromatic heterocycles. The van der Waals surface area contributed by atoms with E-state index in [1.807, 2.05) is 66.7 Å². The van der Waals surface area contributed by atoms with Gasteiger partial charge in [-0.15, -0.1) is 0 Å². The standard InChI is InChI=1S/C35H43N3O6/c1-37(24-34(41-2)42-3)33(39)16-17-43-29-13-9-10-25(18-29)21-38-22-27-19-30(20-28(27)23-38)44-35(40)36-32-15-8-7-14-31(32)26-11-5-4-6-12-26/h4-15,18,27-28,30,34H,16-17,19-24H2,1-3H3,(H,36,40)/t27-,28+,30+. The van der Waals surface area contributed by atoms with Crippen LogP contribution in [0.2, 0.25) is 0 Å². The van der Waals surface area contributed by atoms with Crippen LogP contribution in [0.1, 0.15) is 24.8 Å². The molecule has 2 fully saturated rings. The molecule has 9 nitrogen and oxygen atoms in total. The van der Waals surface area contributed by atoms with Crippen molar-refractivity contribution in [2.24, 2.45) is 11.8 Å². The fourth-order valence-corrected chi connectivity index (χ4v) is 6.33. The van der Waals surface area contributed by atoms with Crippen LogP contribution >= 0.6 is 0 Å². The predicted octanol–water partition coefficient (Wildman–Crippen LogP) is 5.66. The highest BCUT2D eigenvalue weighted by Gasteiger charge is 2.42. The van der Waals surface area contributed by atoms with Gasteiger partial charge in [0.05, 0.1) is 25.3 Å². The first-order valence-corrected chi connectivity index (χ1v) is 15.3. The first-order valence-electron chi connectivity index (χ1n) is 15.3. The zero-order valence-electron chi connectivity index (χ0n) is 25.8. The van der Waals surface area contributed by atoms with Crippen LogP contribution in [0.25, 0.3) is 11.1 Å². The summed E-state index contributed by atoms with van der Waals surface area (Å²) in [5.74, 6) is 1.77. The Bertz CT molecular complexity index is 1370. The molecule has 1 saturated heterocycles. The summed E-state index contributed by atoms with van der Waals surface area (Å²) in [5, 5.41) is 2.97. The van der Waals surface area contributed by atoms with Crippen molar-refractivity contribution in [2.45, 2.75) is 38.2 Å². The second-order valence-electron chi connectivity index (χ2n) is 11.7. The minimum atomic E-state index is -0.446. The van der Waals surface area contributed by atoms with Gasteiger partial charge in [0, 0.05) is 46.5 Å². The maximum Gasteiger partial charge on any atom is 0.411 e. The van der Waals surface area contributed by atoms with Gasteiger partial charge in [-0.25, -0.2) is 4.79 Å². The number of hydrogen-bond acceptors (Lipinski definition) is 7. The van der Waals surface area contributed by atoms with E-state index in [-0.39, 0.29) is 18.4 Å². The number of fused-ring (bicyclic) bond motifs is 1. The molecule has 2 amide bonds. The summed E-state index contributed by atoms with van der Waals surface area (Å²) >= 11 is 0. The quantitative estimate of drug-likeness (QED) is 0.253. The van der Waals surface area contributed by atoms with E-state index in [0.29, 0.717) is 25.0 Å². The monoisotopic (exact) mass is 601 g/mol. The van der Waals surface area contributed by atoms with E-state index in [9.17, 15) is 9.59 Å². The number of nitrogens with zero attached hydrogens (tertiary/aromatic N) is 2. The number of anilines is 1. The van der Waals surface area contributed by atoms with Gasteiger partial charge in [0.1, 0.15) is 11.9 Å². The summed E-state index contributed by atoms with van der Waals surface area (Å²) in [4.78, 5) is 29.3. The van der Waals surface area contributed by atoms with E-state index in [2.05, 4.69) is 22.3 Å². The number of ether oxygens (including phenoxy) is 4. The Hall–Kier alpha value is -3.92. The van der Waals surface area contributed by atoms with Crippen molar-refractivity contribution >= 4 is 17.7 Å². The van der Waals surface area contributed by atoms with E-state index >= 15 is 0 Å². The summed E-state index contributed by atoms with van der Waals surface area (Å²) in [6.07, 6.45) is 1.14. The van der Waals surface area contributed by atoms with E-state index in [1.165, 1.54) is 5.56 Å². The van der Waals surface area contributed by atoms with Crippen LogP contribution in [0.5, 0.6) is 5.75 Å². The molecule has 1 saturated carbocycles. The molecule has 1 heterocycles. The molecule has 1 aliphatic heterocycles. The first kappa shape index (κ1) is 31.5. The fraction of sp³-hybridized carbons (Fsp3) is 0.429. The molecule has 5 rings (SSSR count). The number of benzene rings is 3. The number of nitrogens with one attached hydrogen (secondary N) is 1. The lowest BCUT2D eigenvalue weighted by molar-refractivity contribution is -0.143. The molecule has 234 valence electrons. The summed E-state index contributed by atoms with van der Waals surface area (Å²) in [6, 6.07) is 25.9. The number of amides is 2. The number of likely N-dealkylation sites (N-methyl/N-ethyl adjacent to an activating group) is 1. The van der Waals surface area contributed by atoms with Crippen molar-refractivity contribution in [1.29, 1.82) is 0 Å². The van der Waals surface area contributed by atoms with Crippen LogP contribution in [0, 0.1) is 11.8 Å². The first-order chi connectivity index (χ1) is 21.4. The molecule has 2 aliphatic rings. The minimum absolute atomic E-state index is 0.0272. The molecular formula is C35H43N3O6. The normalized spacial score (nSPS) is 19.5. The number of methoxy groups -OCH3 is 2. The molecule has 0 radical (unpaired) electrons. The predicted molar refractivity (Wildman–Crippen MR) is 169 cm³/mol. The molecule has 3 aromatic rings. The van der Waals surface area contributed by atoms with Gasteiger partial charge in [0.15, 0.2) is 6.29 Å². The number of carbonyl (C=O) groups excluding carboxylic acids is 2. The zero-order chi connectivity index (χ0) is 30.9. The fourth-order valence-electron chi connectivity index (χ4n) is 6.33. The van der Waals surface area contributed by atoms with Crippen LogP contribution in [-0.4, -0.2) is 81.7 Å². The van der Waals surface area contributed by atoms with Gasteiger partial charge < -0.3 is 23.8 Å². The minimum Gasteiger partial charge on any atom is -0.493 e. The SMILES string of the molecule is COC(CN(C)C(=O)CCOc1cccc(CN2C[C@H]3C[C@H](OC(=O)Nc4ccccc4-c4ccccc4)C[C@H]3C2)c1)OC. The Morgan fingerprint density at radius 1 is 0.932 bits per heavy atom. The van der Waals surface area contributed by atoms with Crippen LogP contribution in [0.3, 0.4) is 0 Å². The van der Waals surface area contributed by atoms with E-state index in [1.54, 1.807) is 26.2 Å². The maximum absolute atomic E-state index is 12.8. The van der Waals surface area contributed by atoms with Gasteiger partial charge in [-0.05, 0) is 54.0 Å². The largest absolute Gasteiger partial charge is 0.493 e. The maximum atomic E-state index is 12.8. The molecule has 9 heteroatoms. The summed E-state index contributed by atoms with van der Waals surface area (Å²) in [5.41, 5.74) is 3.95. The smallest absolute Gasteiger partial charge is 0.411 e. The topological polar surface area (TPSA) is 89.6 Å². The Balaban J connectivity index is 1.04. The lowest BCUT2D eigenvalue weighted by Gasteiger charge is -2.22. The molecule has 0 unspecified atom stereocenters. The lowest BCUT2D eigenvalue weighted by atomic mass is 10.0. The number of rotatable bonds is 13. The Morgan fingerprint density at radius 2 is 1.64 bits per heavy atom. The highest BCUT2D eigenvalue weighted by atomic mass is 16.7. The molecule has 44 heavy (non-hydrogen) atoms. The summed E-state index contributed by atoms with van der Waals surface area (Å²) in [6.45, 7) is 3.47. The Labute approximate surface area is 260 Å². The van der Waals surface area contributed by atoms with Gasteiger partial charge in [-0.3, -0.25) is 15.0 Å². The van der Waals surface area contributed by atoms with Gasteiger partial charge >= 0.3 is 6.09 Å². The highest BCUT2D eigenvalue weighted by molar-refractivity contribution is 5.91. The Morgan fingerprint density at radius 3 is 2.36 bits per heavy atom. The third kappa shape index (κ3) is 8.37. The second kappa shape index (κ2) is 15.2. The number of hydrogen-bond donors (Lipinski definition) is 1. The molecular weight excluding hydrogens is 558 g/mol. The molecule has 3 atom stereocenters. The van der Waals surface area contributed by atoms with E-state index < -0.39 is 12.4 Å². The van der Waals surface area contributed by atoms with Crippen LogP contribution < -0.4 is 10.1 Å². The van der Waals surface area contributed by atoms with Gasteiger partial charge in [0.2, 0.25) is 5.91 Å². The average Bonchev–Trinajstić information content (AvgIpc) is 3.58. The molecule has 0 bridgehead atoms. The summed E-state index contributed by atoms with van der Waals surface area (Å²) in [7, 11) is 4.84. The highest BCUT2D eigenvalue weighted by Crippen LogP contribution is 2.40. The van der Waals surface area contributed by atoms with Crippen molar-refractivity contribution in [1.82, 2.24) is 9.80 Å². The van der Waals surface area contributed by atoms with Crippen LogP contribution in [0.4, 0.5) is 10.5 Å². The molecule has 1 aliphatic carbocycles. The average molecular weight is 602 g/mol. The molecule has 0 spiro atoms. The van der Waals surface area contributed by atoms with E-state index in [4.69, 9.17) is 18.9 Å². The lowest BCUT2D eigenvalue weighted by Crippen LogP contribution is -2.36. The summed E-state index contributed by atoms with van der Waals surface area (Å²) < 4.78 is 22.1. The van der Waals surface area contributed by atoms with Gasteiger partial charge in [0.25, 0.3) is 0 Å². The third-order valence-corrected chi connectivity index (χ3v) is 8.57. The van der Waals surface area contributed by atoms with Crippen molar-refractivity contribution in [3.8, 4) is 16.9 Å². The zero-order valence-corrected chi connectivity index (χ0v) is 25.8. The van der Waals surface area contributed by atoms with Crippen molar-refractivity contribution in [3.05, 3.63) is 84.4 Å². The Kier molecular flexibility index (Phi) is 10.9. The third-order valence-electron chi connectivity index (χ3n) is 8.57.